The fourth-order valence-electron chi connectivity index (χ4n) is 1.83. The third kappa shape index (κ3) is 5.02. The normalized spacial score (nSPS) is 14.1. The molecule has 6 heteroatoms. The Labute approximate surface area is 135 Å². The Balaban J connectivity index is 1.79. The second-order valence-corrected chi connectivity index (χ2v) is 5.65. The minimum atomic E-state index is -0.574. The van der Waals surface area contributed by atoms with Gasteiger partial charge in [0.25, 0.3) is 5.91 Å². The summed E-state index contributed by atoms with van der Waals surface area (Å²) in [4.78, 5) is 23.3. The first-order valence-corrected chi connectivity index (χ1v) is 7.49. The van der Waals surface area contributed by atoms with Crippen LogP contribution in [0.25, 0.3) is 6.08 Å². The van der Waals surface area contributed by atoms with Crippen LogP contribution in [0.4, 0.5) is 0 Å². The third-order valence-corrected chi connectivity index (χ3v) is 3.54. The molecule has 1 aromatic carbocycles. The lowest BCUT2D eigenvalue weighted by atomic mass is 10.1. The van der Waals surface area contributed by atoms with Gasteiger partial charge in [0.15, 0.2) is 18.1 Å². The van der Waals surface area contributed by atoms with Gasteiger partial charge in [-0.3, -0.25) is 4.79 Å². The Bertz CT molecular complexity index is 609. The van der Waals surface area contributed by atoms with E-state index in [0.29, 0.717) is 17.4 Å². The van der Waals surface area contributed by atoms with E-state index in [9.17, 15) is 9.59 Å². The minimum Gasteiger partial charge on any atom is -0.454 e. The van der Waals surface area contributed by atoms with E-state index >= 15 is 0 Å². The molecule has 1 amide bonds. The van der Waals surface area contributed by atoms with E-state index in [1.165, 1.54) is 6.08 Å². The maximum absolute atomic E-state index is 11.6. The highest BCUT2D eigenvalue weighted by Gasteiger charge is 2.13. The molecular formula is C17H21NO5. The highest BCUT2D eigenvalue weighted by atomic mass is 16.7. The first kappa shape index (κ1) is 16.9. The molecule has 0 radical (unpaired) electrons. The quantitative estimate of drug-likeness (QED) is 0.642. The van der Waals surface area contributed by atoms with Gasteiger partial charge < -0.3 is 19.5 Å². The van der Waals surface area contributed by atoms with E-state index in [1.54, 1.807) is 24.3 Å². The Kier molecular flexibility index (Phi) is 5.62. The molecule has 0 bridgehead atoms. The van der Waals surface area contributed by atoms with E-state index in [4.69, 9.17) is 14.2 Å². The van der Waals surface area contributed by atoms with Crippen molar-refractivity contribution in [3.8, 4) is 11.5 Å². The summed E-state index contributed by atoms with van der Waals surface area (Å²) in [5.41, 5.74) is 0.782. The van der Waals surface area contributed by atoms with E-state index < -0.39 is 5.97 Å². The van der Waals surface area contributed by atoms with Crippen molar-refractivity contribution in [2.24, 2.45) is 5.92 Å². The lowest BCUT2D eigenvalue weighted by Gasteiger charge is -2.16. The maximum Gasteiger partial charge on any atom is 0.331 e. The summed E-state index contributed by atoms with van der Waals surface area (Å²) in [6, 6.07) is 5.37. The number of carbonyl (C=O) groups excluding carboxylic acids is 2. The predicted molar refractivity (Wildman–Crippen MR) is 85.0 cm³/mol. The van der Waals surface area contributed by atoms with Crippen LogP contribution in [0.2, 0.25) is 0 Å². The van der Waals surface area contributed by atoms with Gasteiger partial charge in [0.1, 0.15) is 0 Å². The van der Waals surface area contributed by atoms with Gasteiger partial charge in [-0.25, -0.2) is 4.79 Å². The topological polar surface area (TPSA) is 73.9 Å². The van der Waals surface area contributed by atoms with Crippen LogP contribution in [0, 0.1) is 5.92 Å². The maximum atomic E-state index is 11.6. The smallest absolute Gasteiger partial charge is 0.331 e. The number of carbonyl (C=O) groups is 2. The van der Waals surface area contributed by atoms with E-state index in [2.05, 4.69) is 5.32 Å². The predicted octanol–water partition coefficient (Wildman–Crippen LogP) is 2.13. The van der Waals surface area contributed by atoms with Crippen LogP contribution in [0.15, 0.2) is 24.3 Å². The molecule has 1 aromatic rings. The number of ether oxygens (including phenoxy) is 3. The molecule has 0 spiro atoms. The van der Waals surface area contributed by atoms with Crippen molar-refractivity contribution in [1.82, 2.24) is 5.32 Å². The summed E-state index contributed by atoms with van der Waals surface area (Å²) in [7, 11) is 0. The first-order chi connectivity index (χ1) is 11.0. The molecule has 1 N–H and O–H groups in total. The van der Waals surface area contributed by atoms with Crippen LogP contribution in [-0.4, -0.2) is 31.3 Å². The molecule has 2 rings (SSSR count). The van der Waals surface area contributed by atoms with Gasteiger partial charge in [-0.05, 0) is 36.6 Å². The SMILES string of the molecule is CC(C)[C@H](C)NC(=O)COC(=O)/C=C/c1ccc2c(c1)OCO2. The fraction of sp³-hybridized carbons (Fsp3) is 0.412. The molecule has 6 nitrogen and oxygen atoms in total. The summed E-state index contributed by atoms with van der Waals surface area (Å²) >= 11 is 0. The molecule has 0 aliphatic carbocycles. The second-order valence-electron chi connectivity index (χ2n) is 5.65. The van der Waals surface area contributed by atoms with Crippen LogP contribution in [0.1, 0.15) is 26.3 Å². The zero-order valence-electron chi connectivity index (χ0n) is 13.5. The monoisotopic (exact) mass is 319 g/mol. The van der Waals surface area contributed by atoms with Gasteiger partial charge in [0, 0.05) is 12.1 Å². The Hall–Kier alpha value is -2.50. The summed E-state index contributed by atoms with van der Waals surface area (Å²) in [5.74, 6) is 0.759. The van der Waals surface area contributed by atoms with Crippen molar-refractivity contribution < 1.29 is 23.8 Å². The first-order valence-electron chi connectivity index (χ1n) is 7.49. The molecule has 0 fully saturated rings. The third-order valence-electron chi connectivity index (χ3n) is 3.54. The lowest BCUT2D eigenvalue weighted by Crippen LogP contribution is -2.38. The molecule has 0 saturated heterocycles. The van der Waals surface area contributed by atoms with Crippen LogP contribution in [0.3, 0.4) is 0 Å². The largest absolute Gasteiger partial charge is 0.454 e. The zero-order chi connectivity index (χ0) is 16.8. The lowest BCUT2D eigenvalue weighted by molar-refractivity contribution is -0.144. The Morgan fingerprint density at radius 3 is 2.74 bits per heavy atom. The summed E-state index contributed by atoms with van der Waals surface area (Å²) < 4.78 is 15.4. The highest BCUT2D eigenvalue weighted by Crippen LogP contribution is 2.32. The van der Waals surface area contributed by atoms with Crippen LogP contribution in [-0.2, 0) is 14.3 Å². The fourth-order valence-corrected chi connectivity index (χ4v) is 1.83. The number of esters is 1. The van der Waals surface area contributed by atoms with E-state index in [0.717, 1.165) is 5.56 Å². The average molecular weight is 319 g/mol. The van der Waals surface area contributed by atoms with Gasteiger partial charge in [-0.2, -0.15) is 0 Å². The molecule has 1 atom stereocenters. The summed E-state index contributed by atoms with van der Waals surface area (Å²) in [6.45, 7) is 5.83. The second kappa shape index (κ2) is 7.67. The number of hydrogen-bond acceptors (Lipinski definition) is 5. The molecule has 0 aromatic heterocycles. The van der Waals surface area contributed by atoms with Gasteiger partial charge >= 0.3 is 5.97 Å². The molecular weight excluding hydrogens is 298 g/mol. The Morgan fingerprint density at radius 1 is 1.26 bits per heavy atom. The summed E-state index contributed by atoms with van der Waals surface area (Å²) in [5, 5.41) is 2.77. The molecule has 0 unspecified atom stereocenters. The number of hydrogen-bond donors (Lipinski definition) is 1. The average Bonchev–Trinajstić information content (AvgIpc) is 2.98. The standard InChI is InChI=1S/C17H21NO5/c1-11(2)12(3)18-16(19)9-21-17(20)7-5-13-4-6-14-15(8-13)23-10-22-14/h4-8,11-12H,9-10H2,1-3H3,(H,18,19)/b7-5+/t12-/m0/s1. The summed E-state index contributed by atoms with van der Waals surface area (Å²) in [6.07, 6.45) is 2.87. The number of nitrogens with one attached hydrogen (secondary N) is 1. The molecule has 1 aliphatic heterocycles. The number of rotatable bonds is 6. The molecule has 1 heterocycles. The molecule has 23 heavy (non-hydrogen) atoms. The number of amides is 1. The highest BCUT2D eigenvalue weighted by molar-refractivity contribution is 5.89. The van der Waals surface area contributed by atoms with Gasteiger partial charge in [-0.15, -0.1) is 0 Å². The van der Waals surface area contributed by atoms with Crippen molar-refractivity contribution in [1.29, 1.82) is 0 Å². The van der Waals surface area contributed by atoms with Crippen molar-refractivity contribution in [3.63, 3.8) is 0 Å². The van der Waals surface area contributed by atoms with E-state index in [-0.39, 0.29) is 25.3 Å². The van der Waals surface area contributed by atoms with Crippen molar-refractivity contribution >= 4 is 18.0 Å². The van der Waals surface area contributed by atoms with Gasteiger partial charge in [-0.1, -0.05) is 19.9 Å². The molecule has 1 aliphatic rings. The Morgan fingerprint density at radius 2 is 2.00 bits per heavy atom. The van der Waals surface area contributed by atoms with Crippen LogP contribution >= 0.6 is 0 Å². The zero-order valence-corrected chi connectivity index (χ0v) is 13.5. The van der Waals surface area contributed by atoms with Crippen LogP contribution < -0.4 is 14.8 Å². The molecule has 0 saturated carbocycles. The van der Waals surface area contributed by atoms with E-state index in [1.807, 2.05) is 20.8 Å². The van der Waals surface area contributed by atoms with Crippen molar-refractivity contribution in [2.75, 3.05) is 13.4 Å². The number of fused-ring (bicyclic) bond motifs is 1. The number of benzene rings is 1. The van der Waals surface area contributed by atoms with Gasteiger partial charge in [0.2, 0.25) is 6.79 Å². The van der Waals surface area contributed by atoms with Crippen molar-refractivity contribution in [3.05, 3.63) is 29.8 Å². The minimum absolute atomic E-state index is 0.0328. The van der Waals surface area contributed by atoms with Crippen LogP contribution in [0.5, 0.6) is 11.5 Å². The van der Waals surface area contributed by atoms with Gasteiger partial charge in [0.05, 0.1) is 0 Å². The van der Waals surface area contributed by atoms with Crippen molar-refractivity contribution in [2.45, 2.75) is 26.8 Å². The molecule has 124 valence electrons.